The van der Waals surface area contributed by atoms with Crippen molar-refractivity contribution in [2.24, 2.45) is 0 Å². The van der Waals surface area contributed by atoms with Gasteiger partial charge in [-0.3, -0.25) is 19.2 Å². The van der Waals surface area contributed by atoms with Crippen LogP contribution in [0.2, 0.25) is 0 Å². The van der Waals surface area contributed by atoms with Gasteiger partial charge in [0, 0.05) is 5.56 Å². The van der Waals surface area contributed by atoms with Gasteiger partial charge in [-0.1, -0.05) is 42.5 Å². The zero-order chi connectivity index (χ0) is 30.8. The summed E-state index contributed by atoms with van der Waals surface area (Å²) in [7, 11) is 1.50. The second kappa shape index (κ2) is 14.8. The van der Waals surface area contributed by atoms with Crippen LogP contribution in [-0.4, -0.2) is 66.7 Å². The molecular weight excluding hydrogens is 554 g/mol. The molecule has 1 aliphatic rings. The Morgan fingerprint density at radius 3 is 2.30 bits per heavy atom. The van der Waals surface area contributed by atoms with Crippen LogP contribution in [0.1, 0.15) is 34.8 Å². The molecule has 4 rings (SSSR count). The van der Waals surface area contributed by atoms with Crippen molar-refractivity contribution in [3.63, 3.8) is 0 Å². The molecule has 11 nitrogen and oxygen atoms in total. The minimum atomic E-state index is -1.29. The van der Waals surface area contributed by atoms with Crippen LogP contribution in [0, 0.1) is 0 Å². The van der Waals surface area contributed by atoms with E-state index in [1.807, 2.05) is 42.5 Å². The number of esters is 1. The van der Waals surface area contributed by atoms with Crippen LogP contribution in [0.3, 0.4) is 0 Å². The Labute approximate surface area is 249 Å². The predicted molar refractivity (Wildman–Crippen MR) is 156 cm³/mol. The molecule has 1 heterocycles. The molecule has 1 fully saturated rings. The number of hydrogen-bond donors (Lipinski definition) is 4. The van der Waals surface area contributed by atoms with Gasteiger partial charge in [-0.05, 0) is 60.9 Å². The van der Waals surface area contributed by atoms with Gasteiger partial charge < -0.3 is 35.3 Å². The third-order valence-electron chi connectivity index (χ3n) is 6.95. The summed E-state index contributed by atoms with van der Waals surface area (Å²) in [6.07, 6.45) is -2.59. The van der Waals surface area contributed by atoms with Gasteiger partial charge in [0.05, 0.1) is 32.2 Å². The molecule has 3 amide bonds. The average molecular weight is 590 g/mol. The van der Waals surface area contributed by atoms with Crippen LogP contribution in [0.25, 0.3) is 0 Å². The van der Waals surface area contributed by atoms with Crippen LogP contribution in [0.4, 0.5) is 0 Å². The van der Waals surface area contributed by atoms with E-state index >= 15 is 0 Å². The summed E-state index contributed by atoms with van der Waals surface area (Å²) in [6, 6.07) is 21.0. The van der Waals surface area contributed by atoms with Crippen molar-refractivity contribution < 1.29 is 38.5 Å². The molecule has 0 radical (unpaired) electrons. The highest BCUT2D eigenvalue weighted by molar-refractivity contribution is 5.98. The Morgan fingerprint density at radius 2 is 1.63 bits per heavy atom. The first-order chi connectivity index (χ1) is 20.7. The summed E-state index contributed by atoms with van der Waals surface area (Å²) in [5, 5.41) is 18.6. The van der Waals surface area contributed by atoms with Crippen molar-refractivity contribution in [2.45, 2.75) is 50.7 Å². The quantitative estimate of drug-likeness (QED) is 0.291. The number of cyclic esters (lactones) is 1. The van der Waals surface area contributed by atoms with Crippen LogP contribution in [-0.2, 0) is 32.1 Å². The Morgan fingerprint density at radius 1 is 0.953 bits per heavy atom. The van der Waals surface area contributed by atoms with E-state index in [-0.39, 0.29) is 12.0 Å². The van der Waals surface area contributed by atoms with Crippen molar-refractivity contribution in [1.29, 1.82) is 0 Å². The van der Waals surface area contributed by atoms with Crippen molar-refractivity contribution >= 4 is 23.7 Å². The molecule has 43 heavy (non-hydrogen) atoms. The number of aliphatic hydroxyl groups excluding tert-OH is 1. The maximum atomic E-state index is 13.0. The fourth-order valence-electron chi connectivity index (χ4n) is 4.53. The fourth-order valence-corrected chi connectivity index (χ4v) is 4.53. The van der Waals surface area contributed by atoms with E-state index in [0.29, 0.717) is 18.1 Å². The first-order valence-corrected chi connectivity index (χ1v) is 13.9. The summed E-state index contributed by atoms with van der Waals surface area (Å²) >= 11 is 0. The van der Waals surface area contributed by atoms with Gasteiger partial charge >= 0.3 is 5.97 Å². The molecule has 3 aromatic carbocycles. The van der Waals surface area contributed by atoms with E-state index in [4.69, 9.17) is 14.2 Å². The second-order valence-corrected chi connectivity index (χ2v) is 10.2. The van der Waals surface area contributed by atoms with E-state index in [9.17, 15) is 24.3 Å². The lowest BCUT2D eigenvalue weighted by molar-refractivity contribution is -0.154. The van der Waals surface area contributed by atoms with Crippen LogP contribution >= 0.6 is 0 Å². The smallest absolute Gasteiger partial charge is 0.308 e. The zero-order valence-electron chi connectivity index (χ0n) is 23.9. The van der Waals surface area contributed by atoms with E-state index < -0.39 is 60.9 Å². The van der Waals surface area contributed by atoms with Gasteiger partial charge in [0.15, 0.2) is 0 Å². The molecule has 0 spiro atoms. The molecule has 1 aliphatic heterocycles. The minimum Gasteiger partial charge on any atom is -0.497 e. The molecular formula is C32H35N3O8. The van der Waals surface area contributed by atoms with E-state index in [1.165, 1.54) is 26.2 Å². The number of carbonyl (C=O) groups is 4. The summed E-state index contributed by atoms with van der Waals surface area (Å²) < 4.78 is 16.3. The predicted octanol–water partition coefficient (Wildman–Crippen LogP) is 1.91. The maximum absolute atomic E-state index is 13.0. The molecule has 0 bridgehead atoms. The maximum Gasteiger partial charge on any atom is 0.308 e. The van der Waals surface area contributed by atoms with Crippen molar-refractivity contribution in [3.05, 3.63) is 95.6 Å². The number of nitrogens with one attached hydrogen (secondary N) is 3. The monoisotopic (exact) mass is 589 g/mol. The van der Waals surface area contributed by atoms with Crippen LogP contribution in [0.15, 0.2) is 78.9 Å². The standard InChI is InChI=1S/C32H35N3O8/c1-20-30(35-31(39)23-10-14-24(41-2)15-11-23)32(40)33-18-28(37)34-26(27(36)17-29(38)43-20)16-21-8-12-25(13-9-21)42-19-22-6-4-3-5-7-22/h3-15,20,26-27,30,36H,16-19H2,1-2H3,(H,33,40)(H,34,37)(H,35,39)/t20-,26+,27+,30+/m1/s1. The average Bonchev–Trinajstić information content (AvgIpc) is 3.01. The van der Waals surface area contributed by atoms with Crippen molar-refractivity contribution in [1.82, 2.24) is 16.0 Å². The lowest BCUT2D eigenvalue weighted by Gasteiger charge is -2.28. The fraction of sp³-hybridized carbons (Fsp3) is 0.312. The Bertz CT molecular complexity index is 1400. The van der Waals surface area contributed by atoms with Gasteiger partial charge in [0.2, 0.25) is 11.8 Å². The molecule has 11 heteroatoms. The minimum absolute atomic E-state index is 0.212. The lowest BCUT2D eigenvalue weighted by atomic mass is 9.98. The number of hydrogen-bond acceptors (Lipinski definition) is 8. The first kappa shape index (κ1) is 31.0. The van der Waals surface area contributed by atoms with Gasteiger partial charge in [-0.15, -0.1) is 0 Å². The molecule has 226 valence electrons. The van der Waals surface area contributed by atoms with Crippen molar-refractivity contribution in [2.75, 3.05) is 13.7 Å². The zero-order valence-corrected chi connectivity index (χ0v) is 23.9. The molecule has 0 aliphatic carbocycles. The van der Waals surface area contributed by atoms with Gasteiger partial charge in [0.25, 0.3) is 5.91 Å². The summed E-state index contributed by atoms with van der Waals surface area (Å²) in [5.74, 6) is -1.44. The molecule has 0 aromatic heterocycles. The normalized spacial score (nSPS) is 21.2. The van der Waals surface area contributed by atoms with Crippen LogP contribution < -0.4 is 25.4 Å². The second-order valence-electron chi connectivity index (χ2n) is 10.2. The molecule has 3 aromatic rings. The van der Waals surface area contributed by atoms with Crippen LogP contribution in [0.5, 0.6) is 11.5 Å². The molecule has 4 atom stereocenters. The van der Waals surface area contributed by atoms with Gasteiger partial charge in [-0.2, -0.15) is 0 Å². The van der Waals surface area contributed by atoms with Gasteiger partial charge in [-0.25, -0.2) is 0 Å². The molecule has 0 saturated carbocycles. The highest BCUT2D eigenvalue weighted by Gasteiger charge is 2.33. The number of carbonyl (C=O) groups excluding carboxylic acids is 4. The SMILES string of the molecule is COc1ccc(C(=O)N[C@@H]2C(=O)NCC(=O)N[C@@H](Cc3ccc(OCc4ccccc4)cc3)[C@@H](O)CC(=O)O[C@@H]2C)cc1. The Balaban J connectivity index is 1.39. The highest BCUT2D eigenvalue weighted by Crippen LogP contribution is 2.18. The van der Waals surface area contributed by atoms with E-state index in [0.717, 1.165) is 11.1 Å². The third kappa shape index (κ3) is 9.04. The lowest BCUT2D eigenvalue weighted by Crippen LogP contribution is -2.56. The van der Waals surface area contributed by atoms with E-state index in [2.05, 4.69) is 16.0 Å². The Hall–Kier alpha value is -4.90. The topological polar surface area (TPSA) is 152 Å². The molecule has 4 N–H and O–H groups in total. The molecule has 1 saturated heterocycles. The number of aliphatic hydroxyl groups is 1. The number of benzene rings is 3. The van der Waals surface area contributed by atoms with Gasteiger partial charge in [0.1, 0.15) is 30.3 Å². The summed E-state index contributed by atoms with van der Waals surface area (Å²) in [6.45, 7) is 1.45. The Kier molecular flexibility index (Phi) is 10.7. The summed E-state index contributed by atoms with van der Waals surface area (Å²) in [4.78, 5) is 51.3. The third-order valence-corrected chi connectivity index (χ3v) is 6.95. The number of ether oxygens (including phenoxy) is 3. The molecule has 0 unspecified atom stereocenters. The number of rotatable bonds is 8. The first-order valence-electron chi connectivity index (χ1n) is 13.9. The van der Waals surface area contributed by atoms with E-state index in [1.54, 1.807) is 24.3 Å². The largest absolute Gasteiger partial charge is 0.497 e. The number of methoxy groups -OCH3 is 1. The summed E-state index contributed by atoms with van der Waals surface area (Å²) in [5.41, 5.74) is 2.07. The number of amides is 3. The van der Waals surface area contributed by atoms with Crippen molar-refractivity contribution in [3.8, 4) is 11.5 Å². The highest BCUT2D eigenvalue weighted by atomic mass is 16.5.